The van der Waals surface area contributed by atoms with E-state index >= 15 is 0 Å². The lowest BCUT2D eigenvalue weighted by Gasteiger charge is -2.39. The third-order valence-corrected chi connectivity index (χ3v) is 4.72. The SMILES string of the molecule is CC(C)(C(=O)O)c1ccc(-c2ccccc2)c(C(=O)N2CC(F)(F)C2)c1. The molecule has 4 nitrogen and oxygen atoms in total. The molecule has 136 valence electrons. The van der Waals surface area contributed by atoms with Gasteiger partial charge in [-0.25, -0.2) is 8.78 Å². The van der Waals surface area contributed by atoms with Crippen LogP contribution in [0.25, 0.3) is 11.1 Å². The molecule has 0 unspecified atom stereocenters. The average molecular weight is 359 g/mol. The summed E-state index contributed by atoms with van der Waals surface area (Å²) in [5.74, 6) is -4.41. The summed E-state index contributed by atoms with van der Waals surface area (Å²) in [5, 5.41) is 9.45. The second-order valence-electron chi connectivity index (χ2n) is 7.07. The molecule has 0 aromatic heterocycles. The minimum absolute atomic E-state index is 0.235. The normalized spacial score (nSPS) is 16.1. The molecule has 3 rings (SSSR count). The van der Waals surface area contributed by atoms with Crippen molar-refractivity contribution in [2.75, 3.05) is 13.1 Å². The molecule has 26 heavy (non-hydrogen) atoms. The summed E-state index contributed by atoms with van der Waals surface area (Å²) >= 11 is 0. The number of rotatable bonds is 4. The number of carbonyl (C=O) groups is 2. The highest BCUT2D eigenvalue weighted by atomic mass is 19.3. The zero-order chi connectivity index (χ0) is 19.1. The molecule has 1 aliphatic heterocycles. The predicted molar refractivity (Wildman–Crippen MR) is 93.4 cm³/mol. The molecule has 1 fully saturated rings. The Bertz CT molecular complexity index is 855. The highest BCUT2D eigenvalue weighted by Crippen LogP contribution is 2.34. The summed E-state index contributed by atoms with van der Waals surface area (Å²) in [5.41, 5.74) is 0.834. The molecule has 0 bridgehead atoms. The van der Waals surface area contributed by atoms with Crippen LogP contribution in [0.3, 0.4) is 0 Å². The van der Waals surface area contributed by atoms with E-state index in [4.69, 9.17) is 0 Å². The molecule has 1 aliphatic rings. The van der Waals surface area contributed by atoms with Crippen molar-refractivity contribution in [3.63, 3.8) is 0 Å². The first-order valence-electron chi connectivity index (χ1n) is 8.22. The van der Waals surface area contributed by atoms with E-state index in [1.54, 1.807) is 26.0 Å². The monoisotopic (exact) mass is 359 g/mol. The Labute approximate surface area is 150 Å². The quantitative estimate of drug-likeness (QED) is 0.903. The van der Waals surface area contributed by atoms with E-state index in [-0.39, 0.29) is 5.56 Å². The number of amides is 1. The molecule has 0 atom stereocenters. The van der Waals surface area contributed by atoms with Crippen molar-refractivity contribution < 1.29 is 23.5 Å². The van der Waals surface area contributed by atoms with Crippen LogP contribution in [0.4, 0.5) is 8.78 Å². The Kier molecular flexibility index (Phi) is 4.30. The highest BCUT2D eigenvalue weighted by molar-refractivity contribution is 6.02. The standard InChI is InChI=1S/C20H19F2NO3/c1-19(2,18(25)26)14-8-9-15(13-6-4-3-5-7-13)16(10-14)17(24)23-11-20(21,22)12-23/h3-10H,11-12H2,1-2H3,(H,25,26). The second-order valence-corrected chi connectivity index (χ2v) is 7.07. The van der Waals surface area contributed by atoms with Gasteiger partial charge >= 0.3 is 5.97 Å². The first-order chi connectivity index (χ1) is 12.1. The van der Waals surface area contributed by atoms with Crippen LogP contribution in [0.15, 0.2) is 48.5 Å². The lowest BCUT2D eigenvalue weighted by Crippen LogP contribution is -2.58. The number of halogens is 2. The van der Waals surface area contributed by atoms with Gasteiger partial charge in [-0.3, -0.25) is 9.59 Å². The summed E-state index contributed by atoms with van der Waals surface area (Å²) in [4.78, 5) is 25.4. The van der Waals surface area contributed by atoms with Crippen LogP contribution in [0, 0.1) is 0 Å². The van der Waals surface area contributed by atoms with Gasteiger partial charge in [0, 0.05) is 5.56 Å². The van der Waals surface area contributed by atoms with Crippen molar-refractivity contribution in [3.05, 3.63) is 59.7 Å². The lowest BCUT2D eigenvalue weighted by molar-refractivity contribution is -0.142. The maximum atomic E-state index is 13.2. The topological polar surface area (TPSA) is 57.6 Å². The summed E-state index contributed by atoms with van der Waals surface area (Å²) in [6.45, 7) is 1.84. The molecule has 0 saturated carbocycles. The van der Waals surface area contributed by atoms with Crippen LogP contribution in [-0.4, -0.2) is 40.9 Å². The molecule has 1 amide bonds. The Morgan fingerprint density at radius 1 is 1.08 bits per heavy atom. The molecular weight excluding hydrogens is 340 g/mol. The largest absolute Gasteiger partial charge is 0.481 e. The number of likely N-dealkylation sites (tertiary alicyclic amines) is 1. The van der Waals surface area contributed by atoms with Gasteiger partial charge < -0.3 is 10.0 Å². The van der Waals surface area contributed by atoms with E-state index in [0.717, 1.165) is 10.5 Å². The lowest BCUT2D eigenvalue weighted by atomic mass is 9.82. The second kappa shape index (κ2) is 6.20. The Morgan fingerprint density at radius 2 is 1.69 bits per heavy atom. The van der Waals surface area contributed by atoms with Crippen molar-refractivity contribution in [1.29, 1.82) is 0 Å². The van der Waals surface area contributed by atoms with Gasteiger partial charge in [-0.15, -0.1) is 0 Å². The van der Waals surface area contributed by atoms with Gasteiger partial charge in [-0.2, -0.15) is 0 Å². The number of nitrogens with zero attached hydrogens (tertiary/aromatic N) is 1. The van der Waals surface area contributed by atoms with Crippen LogP contribution in [0.2, 0.25) is 0 Å². The van der Waals surface area contributed by atoms with Gasteiger partial charge in [-0.05, 0) is 36.6 Å². The van der Waals surface area contributed by atoms with Gasteiger partial charge in [0.05, 0.1) is 18.5 Å². The third kappa shape index (κ3) is 3.19. The molecule has 1 N–H and O–H groups in total. The van der Waals surface area contributed by atoms with Gasteiger partial charge in [0.25, 0.3) is 11.8 Å². The number of hydrogen-bond acceptors (Lipinski definition) is 2. The van der Waals surface area contributed by atoms with E-state index in [9.17, 15) is 23.5 Å². The van der Waals surface area contributed by atoms with E-state index in [2.05, 4.69) is 0 Å². The van der Waals surface area contributed by atoms with Crippen LogP contribution in [0.1, 0.15) is 29.8 Å². The number of carboxylic acid groups (broad SMARTS) is 1. The Balaban J connectivity index is 2.08. The minimum Gasteiger partial charge on any atom is -0.481 e. The molecule has 0 aliphatic carbocycles. The van der Waals surface area contributed by atoms with E-state index in [1.807, 2.05) is 30.3 Å². The number of carbonyl (C=O) groups excluding carboxylic acids is 1. The molecule has 2 aromatic carbocycles. The van der Waals surface area contributed by atoms with Crippen molar-refractivity contribution in [2.45, 2.75) is 25.2 Å². The first-order valence-corrected chi connectivity index (χ1v) is 8.22. The fourth-order valence-electron chi connectivity index (χ4n) is 2.93. The fraction of sp³-hybridized carbons (Fsp3) is 0.300. The molecule has 2 aromatic rings. The predicted octanol–water partition coefficient (Wildman–Crippen LogP) is 3.81. The number of benzene rings is 2. The van der Waals surface area contributed by atoms with Gasteiger partial charge in [-0.1, -0.05) is 42.5 Å². The summed E-state index contributed by atoms with van der Waals surface area (Å²) in [6.07, 6.45) is 0. The van der Waals surface area contributed by atoms with Crippen molar-refractivity contribution in [2.24, 2.45) is 0 Å². The van der Waals surface area contributed by atoms with Crippen LogP contribution in [-0.2, 0) is 10.2 Å². The van der Waals surface area contributed by atoms with Crippen molar-refractivity contribution in [1.82, 2.24) is 4.90 Å². The van der Waals surface area contributed by atoms with Crippen LogP contribution < -0.4 is 0 Å². The first kappa shape index (κ1) is 18.0. The molecule has 1 saturated heterocycles. The Hall–Kier alpha value is -2.76. The number of carboxylic acids is 1. The van der Waals surface area contributed by atoms with Crippen LogP contribution >= 0.6 is 0 Å². The maximum absolute atomic E-state index is 13.2. The van der Waals surface area contributed by atoms with Gasteiger partial charge in [0.15, 0.2) is 0 Å². The molecule has 6 heteroatoms. The van der Waals surface area contributed by atoms with E-state index in [0.29, 0.717) is 11.1 Å². The van der Waals surface area contributed by atoms with Crippen molar-refractivity contribution >= 4 is 11.9 Å². The zero-order valence-corrected chi connectivity index (χ0v) is 14.5. The molecule has 0 spiro atoms. The summed E-state index contributed by atoms with van der Waals surface area (Å²) < 4.78 is 26.4. The molecular formula is C20H19F2NO3. The number of hydrogen-bond donors (Lipinski definition) is 1. The average Bonchev–Trinajstić information content (AvgIpc) is 2.59. The molecule has 0 radical (unpaired) electrons. The minimum atomic E-state index is -2.86. The fourth-order valence-corrected chi connectivity index (χ4v) is 2.93. The smallest absolute Gasteiger partial charge is 0.313 e. The highest BCUT2D eigenvalue weighted by Gasteiger charge is 2.47. The van der Waals surface area contributed by atoms with Crippen molar-refractivity contribution in [3.8, 4) is 11.1 Å². The maximum Gasteiger partial charge on any atom is 0.313 e. The van der Waals surface area contributed by atoms with Gasteiger partial charge in [0.1, 0.15) is 0 Å². The summed E-state index contributed by atoms with van der Waals surface area (Å²) in [7, 11) is 0. The Morgan fingerprint density at radius 3 is 2.23 bits per heavy atom. The summed E-state index contributed by atoms with van der Waals surface area (Å²) in [6, 6.07) is 14.0. The van der Waals surface area contributed by atoms with E-state index < -0.39 is 36.3 Å². The number of alkyl halides is 2. The third-order valence-electron chi connectivity index (χ3n) is 4.72. The van der Waals surface area contributed by atoms with Gasteiger partial charge in [0.2, 0.25) is 0 Å². The number of aliphatic carboxylic acids is 1. The zero-order valence-electron chi connectivity index (χ0n) is 14.5. The van der Waals surface area contributed by atoms with Crippen LogP contribution in [0.5, 0.6) is 0 Å². The van der Waals surface area contributed by atoms with E-state index in [1.165, 1.54) is 6.07 Å². The molecule has 1 heterocycles.